The highest BCUT2D eigenvalue weighted by molar-refractivity contribution is 7.54. The second kappa shape index (κ2) is 11.4. The van der Waals surface area contributed by atoms with Gasteiger partial charge in [-0.1, -0.05) is 74.5 Å². The molecule has 2 aromatic rings. The number of carbonyl (C=O) groups excluding carboxylic acids is 1. The van der Waals surface area contributed by atoms with Crippen LogP contribution in [0.2, 0.25) is 0 Å². The zero-order chi connectivity index (χ0) is 21.3. The first kappa shape index (κ1) is 23.5. The molecule has 5 nitrogen and oxygen atoms in total. The Labute approximate surface area is 174 Å². The van der Waals surface area contributed by atoms with Gasteiger partial charge in [-0.25, -0.2) is 0 Å². The van der Waals surface area contributed by atoms with Crippen LogP contribution in [0.1, 0.15) is 31.4 Å². The Kier molecular flexibility index (Phi) is 9.25. The Morgan fingerprint density at radius 3 is 1.72 bits per heavy atom. The zero-order valence-electron chi connectivity index (χ0n) is 17.8. The quantitative estimate of drug-likeness (QED) is 0.447. The highest BCUT2D eigenvalue weighted by atomic mass is 31.2. The lowest BCUT2D eigenvalue weighted by atomic mass is 9.98. The van der Waals surface area contributed by atoms with Crippen LogP contribution >= 0.6 is 7.60 Å². The van der Waals surface area contributed by atoms with Crippen LogP contribution in [0.4, 0.5) is 0 Å². The summed E-state index contributed by atoms with van der Waals surface area (Å²) in [5.74, 6) is 0.195. The fourth-order valence-corrected chi connectivity index (χ4v) is 4.34. The average molecular weight is 417 g/mol. The van der Waals surface area contributed by atoms with Crippen LogP contribution in [0.3, 0.4) is 0 Å². The van der Waals surface area contributed by atoms with Crippen LogP contribution in [-0.4, -0.2) is 37.1 Å². The number of hydrogen-bond acceptors (Lipinski definition) is 5. The van der Waals surface area contributed by atoms with Crippen molar-refractivity contribution >= 4 is 13.4 Å². The predicted molar refractivity (Wildman–Crippen MR) is 117 cm³/mol. The van der Waals surface area contributed by atoms with Gasteiger partial charge < -0.3 is 9.05 Å². The molecular formula is C23H32NO4P. The molecule has 0 unspecified atom stereocenters. The van der Waals surface area contributed by atoms with Gasteiger partial charge in [0.05, 0.1) is 6.04 Å². The van der Waals surface area contributed by atoms with Crippen molar-refractivity contribution in [2.75, 3.05) is 20.4 Å². The summed E-state index contributed by atoms with van der Waals surface area (Å²) in [6.07, 6.45) is 0.448. The maximum absolute atomic E-state index is 13.3. The van der Waals surface area contributed by atoms with E-state index in [-0.39, 0.29) is 18.0 Å². The number of Topliss-reactive ketones (excluding diaryl/α,β-unsaturated/α-hetero) is 1. The molecule has 0 amide bonds. The molecule has 0 fully saturated rings. The van der Waals surface area contributed by atoms with E-state index in [1.165, 1.54) is 14.2 Å². The van der Waals surface area contributed by atoms with Crippen LogP contribution in [-0.2, 0) is 31.5 Å². The van der Waals surface area contributed by atoms with E-state index in [4.69, 9.17) is 9.05 Å². The van der Waals surface area contributed by atoms with Gasteiger partial charge in [-0.3, -0.25) is 14.3 Å². The lowest BCUT2D eigenvalue weighted by molar-refractivity contribution is -0.123. The molecule has 0 spiro atoms. The van der Waals surface area contributed by atoms with Crippen LogP contribution in [0.25, 0.3) is 0 Å². The Morgan fingerprint density at radius 2 is 1.34 bits per heavy atom. The van der Waals surface area contributed by atoms with Crippen molar-refractivity contribution in [1.82, 2.24) is 4.90 Å². The first-order chi connectivity index (χ1) is 13.9. The predicted octanol–water partition coefficient (Wildman–Crippen LogP) is 5.16. The van der Waals surface area contributed by atoms with E-state index < -0.39 is 7.60 Å². The Balaban J connectivity index is 2.34. The molecular weight excluding hydrogens is 385 g/mol. The third-order valence-corrected chi connectivity index (χ3v) is 6.68. The van der Waals surface area contributed by atoms with Crippen molar-refractivity contribution in [3.63, 3.8) is 0 Å². The summed E-state index contributed by atoms with van der Waals surface area (Å²) >= 11 is 0. The highest BCUT2D eigenvalue weighted by Crippen LogP contribution is 2.46. The topological polar surface area (TPSA) is 55.8 Å². The number of nitrogens with zero attached hydrogens (tertiary/aromatic N) is 1. The van der Waals surface area contributed by atoms with E-state index in [1.54, 1.807) is 0 Å². The molecule has 0 N–H and O–H groups in total. The van der Waals surface area contributed by atoms with E-state index in [9.17, 15) is 9.36 Å². The molecule has 2 rings (SSSR count). The summed E-state index contributed by atoms with van der Waals surface area (Å²) in [4.78, 5) is 15.4. The van der Waals surface area contributed by atoms with Crippen LogP contribution in [0.15, 0.2) is 60.7 Å². The summed E-state index contributed by atoms with van der Waals surface area (Å²) in [5.41, 5.74) is 2.26. The van der Waals surface area contributed by atoms with Gasteiger partial charge in [-0.05, 0) is 23.5 Å². The molecule has 0 aromatic heterocycles. The molecule has 29 heavy (non-hydrogen) atoms. The summed E-state index contributed by atoms with van der Waals surface area (Å²) in [6.45, 7) is 5.44. The van der Waals surface area contributed by atoms with Crippen molar-refractivity contribution in [2.24, 2.45) is 5.92 Å². The third-order valence-electron chi connectivity index (χ3n) is 4.87. The fraction of sp³-hybridized carbons (Fsp3) is 0.435. The summed E-state index contributed by atoms with van der Waals surface area (Å²) in [7, 11) is -0.775. The van der Waals surface area contributed by atoms with E-state index >= 15 is 0 Å². The van der Waals surface area contributed by atoms with Gasteiger partial charge in [0.15, 0.2) is 5.78 Å². The van der Waals surface area contributed by atoms with Crippen molar-refractivity contribution < 1.29 is 18.4 Å². The van der Waals surface area contributed by atoms with Gasteiger partial charge in [0.2, 0.25) is 0 Å². The molecule has 1 atom stereocenters. The third kappa shape index (κ3) is 7.52. The molecule has 0 saturated carbocycles. The van der Waals surface area contributed by atoms with Gasteiger partial charge in [-0.2, -0.15) is 0 Å². The standard InChI is InChI=1S/C23H32NO4P/c1-19(2)15-22(23(25)18-29(26,27-3)28-4)24(16-20-11-7-5-8-12-20)17-21-13-9-6-10-14-21/h5-14,19,22H,15-18H2,1-4H3/t22-/m0/s1. The number of rotatable bonds is 12. The Hall–Kier alpha value is -1.78. The molecule has 0 aliphatic rings. The van der Waals surface area contributed by atoms with Crippen LogP contribution in [0, 0.1) is 5.92 Å². The normalized spacial score (nSPS) is 13.0. The molecule has 0 saturated heterocycles. The first-order valence-electron chi connectivity index (χ1n) is 9.92. The fourth-order valence-electron chi connectivity index (χ4n) is 3.34. The summed E-state index contributed by atoms with van der Waals surface area (Å²) in [6, 6.07) is 19.8. The minimum Gasteiger partial charge on any atom is -0.312 e. The number of hydrogen-bond donors (Lipinski definition) is 0. The van der Waals surface area contributed by atoms with Gasteiger partial charge in [0.1, 0.15) is 6.16 Å². The smallest absolute Gasteiger partial charge is 0.312 e. The molecule has 6 heteroatoms. The minimum atomic E-state index is -3.42. The van der Waals surface area contributed by atoms with Gasteiger partial charge in [-0.15, -0.1) is 0 Å². The van der Waals surface area contributed by atoms with Crippen LogP contribution < -0.4 is 0 Å². The van der Waals surface area contributed by atoms with Gasteiger partial charge >= 0.3 is 7.60 Å². The van der Waals surface area contributed by atoms with Crippen molar-refractivity contribution in [1.29, 1.82) is 0 Å². The van der Waals surface area contributed by atoms with Gasteiger partial charge in [0.25, 0.3) is 0 Å². The highest BCUT2D eigenvalue weighted by Gasteiger charge is 2.33. The molecule has 158 valence electrons. The molecule has 0 aliphatic carbocycles. The van der Waals surface area contributed by atoms with Crippen molar-refractivity contribution in [2.45, 2.75) is 39.4 Å². The first-order valence-corrected chi connectivity index (χ1v) is 11.6. The van der Waals surface area contributed by atoms with Gasteiger partial charge in [0, 0.05) is 27.3 Å². The monoisotopic (exact) mass is 417 g/mol. The Morgan fingerprint density at radius 1 is 0.897 bits per heavy atom. The van der Waals surface area contributed by atoms with E-state index in [1.807, 2.05) is 36.4 Å². The molecule has 0 aliphatic heterocycles. The SMILES string of the molecule is COP(=O)(CC(=O)[C@H](CC(C)C)N(Cc1ccccc1)Cc1ccccc1)OC. The summed E-state index contributed by atoms with van der Waals surface area (Å²) in [5, 5.41) is 0. The molecule has 0 bridgehead atoms. The second-order valence-corrected chi connectivity index (χ2v) is 9.89. The maximum atomic E-state index is 13.3. The number of carbonyl (C=O) groups is 1. The lowest BCUT2D eigenvalue weighted by Gasteiger charge is -2.32. The largest absolute Gasteiger partial charge is 0.337 e. The van der Waals surface area contributed by atoms with Crippen molar-refractivity contribution in [3.8, 4) is 0 Å². The van der Waals surface area contributed by atoms with Crippen LogP contribution in [0.5, 0.6) is 0 Å². The van der Waals surface area contributed by atoms with Crippen molar-refractivity contribution in [3.05, 3.63) is 71.8 Å². The van der Waals surface area contributed by atoms with E-state index in [0.29, 0.717) is 25.4 Å². The molecule has 2 aromatic carbocycles. The average Bonchev–Trinajstić information content (AvgIpc) is 2.72. The second-order valence-electron chi connectivity index (χ2n) is 7.62. The molecule has 0 radical (unpaired) electrons. The minimum absolute atomic E-state index is 0.113. The lowest BCUT2D eigenvalue weighted by Crippen LogP contribution is -2.42. The van der Waals surface area contributed by atoms with E-state index in [2.05, 4.69) is 43.0 Å². The molecule has 0 heterocycles. The van der Waals surface area contributed by atoms with E-state index in [0.717, 1.165) is 11.1 Å². The maximum Gasteiger partial charge on any atom is 0.337 e. The summed E-state index contributed by atoms with van der Waals surface area (Å²) < 4.78 is 22.7. The number of benzene rings is 2. The zero-order valence-corrected chi connectivity index (χ0v) is 18.7. The number of ketones is 1. The Bertz CT molecular complexity index is 746.